The van der Waals surface area contributed by atoms with E-state index in [0.29, 0.717) is 28.4 Å². The Labute approximate surface area is 191 Å². The molecule has 3 aromatic rings. The summed E-state index contributed by atoms with van der Waals surface area (Å²) in [6.45, 7) is 5.32. The lowest BCUT2D eigenvalue weighted by Gasteiger charge is -2.21. The van der Waals surface area contributed by atoms with Gasteiger partial charge in [0.2, 0.25) is 0 Å². The van der Waals surface area contributed by atoms with Gasteiger partial charge in [-0.15, -0.1) is 0 Å². The molecule has 0 spiro atoms. The topological polar surface area (TPSA) is 110 Å². The van der Waals surface area contributed by atoms with Gasteiger partial charge in [-0.05, 0) is 59.1 Å². The van der Waals surface area contributed by atoms with Crippen LogP contribution in [0.3, 0.4) is 0 Å². The van der Waals surface area contributed by atoms with E-state index in [4.69, 9.17) is 4.74 Å². The molecule has 10 heteroatoms. The van der Waals surface area contributed by atoms with Crippen LogP contribution in [-0.2, 0) is 16.1 Å². The summed E-state index contributed by atoms with van der Waals surface area (Å²) in [5.74, 6) is -0.959. The van der Waals surface area contributed by atoms with Gasteiger partial charge in [0, 0.05) is 25.0 Å². The molecule has 1 aliphatic rings. The molecule has 0 saturated carbocycles. The number of esters is 1. The first-order valence-corrected chi connectivity index (χ1v) is 11.2. The maximum Gasteiger partial charge on any atom is 0.314 e. The Kier molecular flexibility index (Phi) is 6.59. The molecule has 3 atom stereocenters. The summed E-state index contributed by atoms with van der Waals surface area (Å²) in [5.41, 5.74) is 6.60. The van der Waals surface area contributed by atoms with Gasteiger partial charge in [0.15, 0.2) is 0 Å². The molecule has 3 unspecified atom stereocenters. The van der Waals surface area contributed by atoms with Crippen molar-refractivity contribution in [1.29, 1.82) is 0 Å². The van der Waals surface area contributed by atoms with Crippen LogP contribution in [0, 0.1) is 5.92 Å². The normalized spacial score (nSPS) is 20.7. The SMILES string of the molecule is CCOC(=O)C1C(C)NNC1n1ccc2nc3ccn(CCCN(C)C)c(=O)c3cc2c1=O. The van der Waals surface area contributed by atoms with E-state index in [1.807, 2.05) is 21.0 Å². The highest BCUT2D eigenvalue weighted by atomic mass is 16.5. The second-order valence-electron chi connectivity index (χ2n) is 8.65. The first-order chi connectivity index (χ1) is 15.8. The molecular formula is C23H30N6O4. The Bertz CT molecular complexity index is 1300. The number of nitrogens with zero attached hydrogens (tertiary/aromatic N) is 4. The molecule has 0 aliphatic carbocycles. The molecule has 3 aromatic heterocycles. The molecule has 2 N–H and O–H groups in total. The molecule has 0 bridgehead atoms. The second-order valence-corrected chi connectivity index (χ2v) is 8.65. The number of fused-ring (bicyclic) bond motifs is 2. The fraction of sp³-hybridized carbons (Fsp3) is 0.478. The summed E-state index contributed by atoms with van der Waals surface area (Å²) in [4.78, 5) is 45.6. The predicted octanol–water partition coefficient (Wildman–Crippen LogP) is 0.837. The van der Waals surface area contributed by atoms with E-state index in [1.165, 1.54) is 4.57 Å². The Balaban J connectivity index is 1.76. The summed E-state index contributed by atoms with van der Waals surface area (Å²) in [6.07, 6.45) is 3.58. The van der Waals surface area contributed by atoms with Crippen LogP contribution in [-0.4, -0.2) is 58.3 Å². The first kappa shape index (κ1) is 23.1. The molecule has 1 aliphatic heterocycles. The zero-order valence-electron chi connectivity index (χ0n) is 19.4. The third-order valence-electron chi connectivity index (χ3n) is 6.04. The number of rotatable bonds is 7. The van der Waals surface area contributed by atoms with Crippen LogP contribution in [0.1, 0.15) is 26.4 Å². The second kappa shape index (κ2) is 9.42. The van der Waals surface area contributed by atoms with Gasteiger partial charge in [0.25, 0.3) is 11.1 Å². The van der Waals surface area contributed by atoms with Crippen LogP contribution in [0.15, 0.2) is 40.2 Å². The van der Waals surface area contributed by atoms with Crippen molar-refractivity contribution in [1.82, 2.24) is 29.9 Å². The summed E-state index contributed by atoms with van der Waals surface area (Å²) < 4.78 is 8.33. The molecule has 0 amide bonds. The molecule has 33 heavy (non-hydrogen) atoms. The maximum absolute atomic E-state index is 13.4. The number of aromatic nitrogens is 3. The fourth-order valence-electron chi connectivity index (χ4n) is 4.32. The summed E-state index contributed by atoms with van der Waals surface area (Å²) >= 11 is 0. The average molecular weight is 455 g/mol. The predicted molar refractivity (Wildman–Crippen MR) is 126 cm³/mol. The number of hydrogen-bond donors (Lipinski definition) is 2. The molecular weight excluding hydrogens is 424 g/mol. The van der Waals surface area contributed by atoms with Crippen molar-refractivity contribution >= 4 is 27.8 Å². The zero-order valence-corrected chi connectivity index (χ0v) is 19.4. The van der Waals surface area contributed by atoms with Gasteiger partial charge in [-0.25, -0.2) is 10.4 Å². The average Bonchev–Trinajstić information content (AvgIpc) is 3.16. The van der Waals surface area contributed by atoms with Crippen LogP contribution in [0.5, 0.6) is 0 Å². The number of nitrogens with one attached hydrogen (secondary N) is 2. The summed E-state index contributed by atoms with van der Waals surface area (Å²) in [5, 5.41) is 0.731. The number of ether oxygens (including phenoxy) is 1. The van der Waals surface area contributed by atoms with Gasteiger partial charge in [-0.2, -0.15) is 0 Å². The van der Waals surface area contributed by atoms with E-state index in [1.54, 1.807) is 42.1 Å². The monoisotopic (exact) mass is 454 g/mol. The van der Waals surface area contributed by atoms with E-state index < -0.39 is 12.1 Å². The molecule has 176 valence electrons. The minimum Gasteiger partial charge on any atom is -0.466 e. The number of carbonyl (C=O) groups excluding carboxylic acids is 1. The third kappa shape index (κ3) is 4.41. The molecule has 1 fully saturated rings. The lowest BCUT2D eigenvalue weighted by atomic mass is 10.00. The molecule has 0 aromatic carbocycles. The zero-order chi connectivity index (χ0) is 23.7. The Hall–Kier alpha value is -3.08. The van der Waals surface area contributed by atoms with Crippen molar-refractivity contribution in [3.05, 3.63) is 51.3 Å². The van der Waals surface area contributed by atoms with Crippen molar-refractivity contribution in [3.8, 4) is 0 Å². The van der Waals surface area contributed by atoms with Gasteiger partial charge >= 0.3 is 5.97 Å². The Morgan fingerprint density at radius 2 is 1.82 bits per heavy atom. The number of carbonyl (C=O) groups is 1. The van der Waals surface area contributed by atoms with E-state index in [9.17, 15) is 14.4 Å². The largest absolute Gasteiger partial charge is 0.466 e. The fourth-order valence-corrected chi connectivity index (χ4v) is 4.32. The van der Waals surface area contributed by atoms with Crippen LogP contribution < -0.4 is 22.0 Å². The van der Waals surface area contributed by atoms with Gasteiger partial charge in [-0.3, -0.25) is 24.4 Å². The number of pyridine rings is 3. The number of hydrogen-bond acceptors (Lipinski definition) is 8. The van der Waals surface area contributed by atoms with Gasteiger partial charge in [-0.1, -0.05) is 0 Å². The van der Waals surface area contributed by atoms with Crippen molar-refractivity contribution in [3.63, 3.8) is 0 Å². The number of aryl methyl sites for hydroxylation is 1. The van der Waals surface area contributed by atoms with Crippen molar-refractivity contribution in [2.24, 2.45) is 5.92 Å². The Morgan fingerprint density at radius 1 is 1.12 bits per heavy atom. The van der Waals surface area contributed by atoms with E-state index in [-0.39, 0.29) is 29.7 Å². The van der Waals surface area contributed by atoms with E-state index in [0.717, 1.165) is 13.0 Å². The van der Waals surface area contributed by atoms with Crippen LogP contribution in [0.25, 0.3) is 21.8 Å². The van der Waals surface area contributed by atoms with Crippen molar-refractivity contribution < 1.29 is 9.53 Å². The maximum atomic E-state index is 13.4. The molecule has 4 heterocycles. The van der Waals surface area contributed by atoms with E-state index in [2.05, 4.69) is 20.7 Å². The van der Waals surface area contributed by atoms with E-state index >= 15 is 0 Å². The quantitative estimate of drug-likeness (QED) is 0.399. The first-order valence-electron chi connectivity index (χ1n) is 11.2. The van der Waals surface area contributed by atoms with Gasteiger partial charge in [0.05, 0.1) is 28.4 Å². The lowest BCUT2D eigenvalue weighted by Crippen LogP contribution is -2.38. The lowest BCUT2D eigenvalue weighted by molar-refractivity contribution is -0.149. The Morgan fingerprint density at radius 3 is 2.52 bits per heavy atom. The highest BCUT2D eigenvalue weighted by Crippen LogP contribution is 2.25. The minimum atomic E-state index is -0.620. The van der Waals surface area contributed by atoms with Crippen LogP contribution in [0.2, 0.25) is 0 Å². The smallest absolute Gasteiger partial charge is 0.314 e. The molecule has 10 nitrogen and oxygen atoms in total. The van der Waals surface area contributed by atoms with Crippen LogP contribution >= 0.6 is 0 Å². The third-order valence-corrected chi connectivity index (χ3v) is 6.04. The number of hydrazine groups is 1. The molecule has 4 rings (SSSR count). The van der Waals surface area contributed by atoms with Crippen molar-refractivity contribution in [2.45, 2.75) is 39.0 Å². The highest BCUT2D eigenvalue weighted by molar-refractivity contribution is 5.91. The van der Waals surface area contributed by atoms with Crippen LogP contribution in [0.4, 0.5) is 0 Å². The standard InChI is InChI=1S/C23H30N6O4/c1-5-33-23(32)19-14(2)25-26-20(19)29-12-8-18-16(22(29)31)13-15-17(24-18)7-11-28(21(15)30)10-6-9-27(3)4/h7-8,11-14,19-20,25-26H,5-6,9-10H2,1-4H3. The summed E-state index contributed by atoms with van der Waals surface area (Å²) in [6, 6.07) is 4.93. The van der Waals surface area contributed by atoms with Gasteiger partial charge < -0.3 is 14.2 Å². The molecule has 1 saturated heterocycles. The highest BCUT2D eigenvalue weighted by Gasteiger charge is 2.41. The minimum absolute atomic E-state index is 0.172. The molecule has 0 radical (unpaired) electrons. The van der Waals surface area contributed by atoms with Gasteiger partial charge in [0.1, 0.15) is 12.1 Å². The van der Waals surface area contributed by atoms with Crippen molar-refractivity contribution in [2.75, 3.05) is 27.2 Å². The summed E-state index contributed by atoms with van der Waals surface area (Å²) in [7, 11) is 3.98.